The fourth-order valence-electron chi connectivity index (χ4n) is 2.23. The van der Waals surface area contributed by atoms with Gasteiger partial charge in [0.15, 0.2) is 0 Å². The molecule has 1 fully saturated rings. The van der Waals surface area contributed by atoms with E-state index in [0.717, 1.165) is 6.42 Å². The van der Waals surface area contributed by atoms with Gasteiger partial charge in [0, 0.05) is 0 Å². The van der Waals surface area contributed by atoms with Crippen molar-refractivity contribution in [2.24, 2.45) is 17.8 Å². The van der Waals surface area contributed by atoms with Gasteiger partial charge in [0.05, 0.1) is 18.4 Å². The van der Waals surface area contributed by atoms with E-state index < -0.39 is 17.8 Å². The monoisotopic (exact) mass is 196 g/mol. The first-order valence-corrected chi connectivity index (χ1v) is 4.76. The maximum atomic E-state index is 11.4. The summed E-state index contributed by atoms with van der Waals surface area (Å²) in [5.41, 5.74) is 0. The van der Waals surface area contributed by atoms with Gasteiger partial charge in [-0.05, 0) is 18.8 Å². The predicted octanol–water partition coefficient (Wildman–Crippen LogP) is 0.826. The van der Waals surface area contributed by atoms with Crippen molar-refractivity contribution in [2.45, 2.75) is 12.8 Å². The number of carbonyl (C=O) groups is 2. The quantitative estimate of drug-likeness (QED) is 0.498. The maximum Gasteiger partial charge on any atom is 0.310 e. The SMILES string of the molecule is O=C1OCCC2C=CC[C@H](C(=O)O)C12. The van der Waals surface area contributed by atoms with Crippen LogP contribution in [0.1, 0.15) is 12.8 Å². The van der Waals surface area contributed by atoms with E-state index >= 15 is 0 Å². The van der Waals surface area contributed by atoms with Crippen LogP contribution in [0.4, 0.5) is 0 Å². The zero-order valence-electron chi connectivity index (χ0n) is 7.68. The van der Waals surface area contributed by atoms with Gasteiger partial charge in [-0.2, -0.15) is 0 Å². The zero-order chi connectivity index (χ0) is 10.1. The Labute approximate surface area is 81.6 Å². The molecule has 1 saturated heterocycles. The Morgan fingerprint density at radius 1 is 1.57 bits per heavy atom. The molecule has 14 heavy (non-hydrogen) atoms. The standard InChI is InChI=1S/C10H12O4/c11-9(12)7-3-1-2-6-4-5-14-10(13)8(6)7/h1-2,6-8H,3-5H2,(H,11,12)/t6?,7-,8?/m0/s1. The van der Waals surface area contributed by atoms with E-state index in [1.807, 2.05) is 12.2 Å². The highest BCUT2D eigenvalue weighted by atomic mass is 16.5. The van der Waals surface area contributed by atoms with Gasteiger partial charge in [-0.1, -0.05) is 12.2 Å². The van der Waals surface area contributed by atoms with Gasteiger partial charge in [-0.3, -0.25) is 9.59 Å². The van der Waals surface area contributed by atoms with Crippen LogP contribution in [0.3, 0.4) is 0 Å². The molecule has 1 N–H and O–H groups in total. The molecule has 1 heterocycles. The highest BCUT2D eigenvalue weighted by Crippen LogP contribution is 2.36. The molecule has 2 rings (SSSR count). The molecule has 76 valence electrons. The number of aliphatic carboxylic acids is 1. The predicted molar refractivity (Wildman–Crippen MR) is 47.4 cm³/mol. The molecule has 0 aromatic heterocycles. The summed E-state index contributed by atoms with van der Waals surface area (Å²) in [6.07, 6.45) is 4.99. The Kier molecular flexibility index (Phi) is 2.27. The number of ether oxygens (including phenoxy) is 1. The lowest BCUT2D eigenvalue weighted by Crippen LogP contribution is -2.41. The molecule has 4 nitrogen and oxygen atoms in total. The Bertz CT molecular complexity index is 294. The van der Waals surface area contributed by atoms with Crippen LogP contribution in [-0.4, -0.2) is 23.7 Å². The van der Waals surface area contributed by atoms with Gasteiger partial charge in [0.1, 0.15) is 0 Å². The Hall–Kier alpha value is -1.32. The van der Waals surface area contributed by atoms with Crippen molar-refractivity contribution in [1.82, 2.24) is 0 Å². The number of allylic oxidation sites excluding steroid dienone is 2. The van der Waals surface area contributed by atoms with E-state index in [1.54, 1.807) is 0 Å². The lowest BCUT2D eigenvalue weighted by atomic mass is 9.73. The first-order valence-electron chi connectivity index (χ1n) is 4.76. The molecule has 0 bridgehead atoms. The van der Waals surface area contributed by atoms with Gasteiger partial charge in [-0.25, -0.2) is 0 Å². The van der Waals surface area contributed by atoms with E-state index in [4.69, 9.17) is 9.84 Å². The van der Waals surface area contributed by atoms with Gasteiger partial charge >= 0.3 is 11.9 Å². The van der Waals surface area contributed by atoms with E-state index in [9.17, 15) is 9.59 Å². The zero-order valence-corrected chi connectivity index (χ0v) is 7.68. The molecule has 3 atom stereocenters. The van der Waals surface area contributed by atoms with Crippen LogP contribution in [0.2, 0.25) is 0 Å². The number of hydrogen-bond acceptors (Lipinski definition) is 3. The minimum atomic E-state index is -0.900. The summed E-state index contributed by atoms with van der Waals surface area (Å²) < 4.78 is 4.89. The first-order chi connectivity index (χ1) is 6.70. The molecule has 0 radical (unpaired) electrons. The number of hydrogen-bond donors (Lipinski definition) is 1. The fourth-order valence-corrected chi connectivity index (χ4v) is 2.23. The molecule has 0 aromatic carbocycles. The third-order valence-corrected chi connectivity index (χ3v) is 2.95. The third kappa shape index (κ3) is 1.41. The summed E-state index contributed by atoms with van der Waals surface area (Å²) in [6, 6.07) is 0. The molecule has 4 heteroatoms. The normalized spacial score (nSPS) is 36.0. The van der Waals surface area contributed by atoms with Crippen LogP contribution < -0.4 is 0 Å². The number of rotatable bonds is 1. The lowest BCUT2D eigenvalue weighted by Gasteiger charge is -2.34. The van der Waals surface area contributed by atoms with Crippen LogP contribution >= 0.6 is 0 Å². The van der Waals surface area contributed by atoms with Gasteiger partial charge in [0.2, 0.25) is 0 Å². The van der Waals surface area contributed by atoms with Crippen molar-refractivity contribution >= 4 is 11.9 Å². The highest BCUT2D eigenvalue weighted by Gasteiger charge is 2.43. The summed E-state index contributed by atoms with van der Waals surface area (Å²) in [7, 11) is 0. The van der Waals surface area contributed by atoms with Crippen LogP contribution in [0.25, 0.3) is 0 Å². The second kappa shape index (κ2) is 3.44. The number of cyclic esters (lactones) is 1. The molecule has 0 aromatic rings. The summed E-state index contributed by atoms with van der Waals surface area (Å²) in [5, 5.41) is 8.95. The van der Waals surface area contributed by atoms with Crippen molar-refractivity contribution < 1.29 is 19.4 Å². The molecule has 2 unspecified atom stereocenters. The van der Waals surface area contributed by atoms with Crippen LogP contribution in [0, 0.1) is 17.8 Å². The fraction of sp³-hybridized carbons (Fsp3) is 0.600. The minimum absolute atomic E-state index is 0.0612. The first kappa shape index (κ1) is 9.24. The van der Waals surface area contributed by atoms with Crippen LogP contribution in [0.15, 0.2) is 12.2 Å². The minimum Gasteiger partial charge on any atom is -0.481 e. The van der Waals surface area contributed by atoms with Crippen molar-refractivity contribution in [3.8, 4) is 0 Å². The van der Waals surface area contributed by atoms with Gasteiger partial charge in [-0.15, -0.1) is 0 Å². The van der Waals surface area contributed by atoms with Crippen molar-refractivity contribution in [3.63, 3.8) is 0 Å². The molecule has 0 amide bonds. The Balaban J connectivity index is 2.25. The van der Waals surface area contributed by atoms with Gasteiger partial charge in [0.25, 0.3) is 0 Å². The highest BCUT2D eigenvalue weighted by molar-refractivity contribution is 5.82. The maximum absolute atomic E-state index is 11.4. The summed E-state index contributed by atoms with van der Waals surface area (Å²) in [5.74, 6) is -2.25. The van der Waals surface area contributed by atoms with E-state index in [1.165, 1.54) is 0 Å². The molecule has 1 aliphatic carbocycles. The average Bonchev–Trinajstić information content (AvgIpc) is 2.17. The number of carboxylic acids is 1. The molecule has 1 aliphatic heterocycles. The average molecular weight is 196 g/mol. The summed E-state index contributed by atoms with van der Waals surface area (Å²) in [6.45, 7) is 0.413. The second-order valence-electron chi connectivity index (χ2n) is 3.75. The number of carbonyl (C=O) groups excluding carboxylic acids is 1. The van der Waals surface area contributed by atoms with E-state index in [2.05, 4.69) is 0 Å². The smallest absolute Gasteiger partial charge is 0.310 e. The molecule has 0 saturated carbocycles. The van der Waals surface area contributed by atoms with Crippen molar-refractivity contribution in [1.29, 1.82) is 0 Å². The number of carboxylic acid groups (broad SMARTS) is 1. The molecular weight excluding hydrogens is 184 g/mol. The van der Waals surface area contributed by atoms with Crippen molar-refractivity contribution in [3.05, 3.63) is 12.2 Å². The topological polar surface area (TPSA) is 63.6 Å². The van der Waals surface area contributed by atoms with Crippen LogP contribution in [-0.2, 0) is 14.3 Å². The van der Waals surface area contributed by atoms with E-state index in [0.29, 0.717) is 13.0 Å². The van der Waals surface area contributed by atoms with Gasteiger partial charge < -0.3 is 9.84 Å². The molecular formula is C10H12O4. The van der Waals surface area contributed by atoms with Crippen molar-refractivity contribution in [2.75, 3.05) is 6.61 Å². The largest absolute Gasteiger partial charge is 0.481 e. The Morgan fingerprint density at radius 3 is 3.07 bits per heavy atom. The number of fused-ring (bicyclic) bond motifs is 1. The summed E-state index contributed by atoms with van der Waals surface area (Å²) >= 11 is 0. The second-order valence-corrected chi connectivity index (χ2v) is 3.75. The van der Waals surface area contributed by atoms with E-state index in [-0.39, 0.29) is 11.9 Å². The third-order valence-electron chi connectivity index (χ3n) is 2.95. The number of esters is 1. The van der Waals surface area contributed by atoms with Crippen LogP contribution in [0.5, 0.6) is 0 Å². The lowest BCUT2D eigenvalue weighted by molar-refractivity contribution is -0.165. The Morgan fingerprint density at radius 2 is 2.36 bits per heavy atom. The molecule has 2 aliphatic rings. The summed E-state index contributed by atoms with van der Waals surface area (Å²) in [4.78, 5) is 22.3. The molecule has 0 spiro atoms.